The Hall–Kier alpha value is -1.95. The van der Waals surface area contributed by atoms with Crippen LogP contribution in [0.5, 0.6) is 0 Å². The predicted molar refractivity (Wildman–Crippen MR) is 73.3 cm³/mol. The Morgan fingerprint density at radius 2 is 2.21 bits per heavy atom. The van der Waals surface area contributed by atoms with Crippen LogP contribution in [-0.2, 0) is 0 Å². The number of aliphatic hydroxyl groups excluding tert-OH is 1. The summed E-state index contributed by atoms with van der Waals surface area (Å²) in [7, 11) is 0. The summed E-state index contributed by atoms with van der Waals surface area (Å²) in [5.74, 6) is 0.212. The molecule has 1 aromatic carbocycles. The van der Waals surface area contributed by atoms with E-state index in [2.05, 4.69) is 15.3 Å². The Labute approximate surface area is 110 Å². The zero-order valence-electron chi connectivity index (χ0n) is 10.7. The van der Waals surface area contributed by atoms with Gasteiger partial charge in [-0.25, -0.2) is 9.37 Å². The van der Waals surface area contributed by atoms with Gasteiger partial charge in [0.2, 0.25) is 5.95 Å². The van der Waals surface area contributed by atoms with Crippen LogP contribution in [0, 0.1) is 5.82 Å². The van der Waals surface area contributed by atoms with Crippen molar-refractivity contribution in [3.63, 3.8) is 0 Å². The van der Waals surface area contributed by atoms with E-state index in [1.54, 1.807) is 6.07 Å². The molecule has 1 heterocycles. The number of anilines is 2. The SMILES string of the molecule is CCC[C@@H](CO)Nc1nc(N)nc2ccc(F)cc12. The highest BCUT2D eigenvalue weighted by Gasteiger charge is 2.12. The van der Waals surface area contributed by atoms with Crippen LogP contribution in [0.15, 0.2) is 18.2 Å². The van der Waals surface area contributed by atoms with Gasteiger partial charge in [0.25, 0.3) is 0 Å². The van der Waals surface area contributed by atoms with E-state index in [9.17, 15) is 9.50 Å². The van der Waals surface area contributed by atoms with Crippen LogP contribution >= 0.6 is 0 Å². The van der Waals surface area contributed by atoms with Crippen molar-refractivity contribution < 1.29 is 9.50 Å². The molecule has 102 valence electrons. The maximum atomic E-state index is 13.3. The fourth-order valence-electron chi connectivity index (χ4n) is 1.98. The molecule has 0 saturated heterocycles. The monoisotopic (exact) mass is 264 g/mol. The van der Waals surface area contributed by atoms with Crippen LogP contribution in [0.3, 0.4) is 0 Å². The maximum Gasteiger partial charge on any atom is 0.222 e. The first-order valence-electron chi connectivity index (χ1n) is 6.24. The second-order valence-corrected chi connectivity index (χ2v) is 4.40. The molecular formula is C13H17FN4O. The Morgan fingerprint density at radius 3 is 2.89 bits per heavy atom. The van der Waals surface area contributed by atoms with E-state index in [0.717, 1.165) is 12.8 Å². The van der Waals surface area contributed by atoms with Crippen molar-refractivity contribution in [1.82, 2.24) is 9.97 Å². The lowest BCUT2D eigenvalue weighted by molar-refractivity contribution is 0.268. The molecule has 2 rings (SSSR count). The van der Waals surface area contributed by atoms with E-state index >= 15 is 0 Å². The third-order valence-electron chi connectivity index (χ3n) is 2.87. The molecule has 0 unspecified atom stereocenters. The zero-order chi connectivity index (χ0) is 13.8. The summed E-state index contributed by atoms with van der Waals surface area (Å²) >= 11 is 0. The van der Waals surface area contributed by atoms with Crippen LogP contribution in [0.25, 0.3) is 10.9 Å². The molecule has 4 N–H and O–H groups in total. The van der Waals surface area contributed by atoms with Crippen molar-refractivity contribution in [3.05, 3.63) is 24.0 Å². The Kier molecular flexibility index (Phi) is 4.11. The number of fused-ring (bicyclic) bond motifs is 1. The average Bonchev–Trinajstić information content (AvgIpc) is 2.39. The molecule has 1 aromatic heterocycles. The van der Waals surface area contributed by atoms with Crippen LogP contribution in [0.4, 0.5) is 16.2 Å². The van der Waals surface area contributed by atoms with E-state index in [-0.39, 0.29) is 24.4 Å². The quantitative estimate of drug-likeness (QED) is 0.768. The molecule has 0 aliphatic heterocycles. The molecule has 5 nitrogen and oxygen atoms in total. The lowest BCUT2D eigenvalue weighted by Gasteiger charge is -2.17. The van der Waals surface area contributed by atoms with E-state index in [0.29, 0.717) is 16.7 Å². The predicted octanol–water partition coefficient (Wildman–Crippen LogP) is 1.92. The number of hydrogen-bond acceptors (Lipinski definition) is 5. The van der Waals surface area contributed by atoms with Gasteiger partial charge in [0, 0.05) is 5.39 Å². The summed E-state index contributed by atoms with van der Waals surface area (Å²) in [5, 5.41) is 13.0. The van der Waals surface area contributed by atoms with Gasteiger partial charge in [-0.1, -0.05) is 13.3 Å². The molecule has 0 bridgehead atoms. The van der Waals surface area contributed by atoms with Gasteiger partial charge in [0.15, 0.2) is 0 Å². The van der Waals surface area contributed by atoms with Gasteiger partial charge in [-0.15, -0.1) is 0 Å². The number of aromatic nitrogens is 2. The number of nitrogens with one attached hydrogen (secondary N) is 1. The molecule has 0 aliphatic carbocycles. The van der Waals surface area contributed by atoms with Crippen LogP contribution in [-0.4, -0.2) is 27.7 Å². The smallest absolute Gasteiger partial charge is 0.222 e. The first-order valence-corrected chi connectivity index (χ1v) is 6.24. The van der Waals surface area contributed by atoms with E-state index < -0.39 is 0 Å². The highest BCUT2D eigenvalue weighted by molar-refractivity contribution is 5.90. The molecule has 2 aromatic rings. The van der Waals surface area contributed by atoms with Crippen molar-refractivity contribution in [2.24, 2.45) is 0 Å². The molecule has 1 atom stereocenters. The summed E-state index contributed by atoms with van der Waals surface area (Å²) in [6, 6.07) is 4.11. The van der Waals surface area contributed by atoms with Crippen molar-refractivity contribution in [1.29, 1.82) is 0 Å². The highest BCUT2D eigenvalue weighted by atomic mass is 19.1. The average molecular weight is 264 g/mol. The van der Waals surface area contributed by atoms with E-state index in [4.69, 9.17) is 5.73 Å². The Bertz CT molecular complexity index is 576. The first kappa shape index (κ1) is 13.5. The molecule has 0 saturated carbocycles. The molecule has 6 heteroatoms. The fourth-order valence-corrected chi connectivity index (χ4v) is 1.98. The normalized spacial score (nSPS) is 12.6. The van der Waals surface area contributed by atoms with Crippen LogP contribution in [0.2, 0.25) is 0 Å². The first-order chi connectivity index (χ1) is 9.13. The van der Waals surface area contributed by atoms with Gasteiger partial charge in [-0.3, -0.25) is 0 Å². The summed E-state index contributed by atoms with van der Waals surface area (Å²) < 4.78 is 13.3. The number of nitrogens with zero attached hydrogens (tertiary/aromatic N) is 2. The topological polar surface area (TPSA) is 84.1 Å². The standard InChI is InChI=1S/C13H17FN4O/c1-2-3-9(7-19)16-12-10-6-8(14)4-5-11(10)17-13(15)18-12/h4-6,9,19H,2-3,7H2,1H3,(H3,15,16,17,18)/t9-/m0/s1. The van der Waals surface area contributed by atoms with Crippen LogP contribution in [0.1, 0.15) is 19.8 Å². The number of nitrogens with two attached hydrogens (primary N) is 1. The summed E-state index contributed by atoms with van der Waals surface area (Å²) in [6.45, 7) is 2.00. The van der Waals surface area contributed by atoms with Gasteiger partial charge < -0.3 is 16.2 Å². The van der Waals surface area contributed by atoms with Gasteiger partial charge in [0.1, 0.15) is 11.6 Å². The fraction of sp³-hybridized carbons (Fsp3) is 0.385. The second kappa shape index (κ2) is 5.79. The molecular weight excluding hydrogens is 247 g/mol. The summed E-state index contributed by atoms with van der Waals surface area (Å²) in [4.78, 5) is 8.14. The molecule has 0 fully saturated rings. The number of hydrogen-bond donors (Lipinski definition) is 3. The minimum absolute atomic E-state index is 0.0193. The number of halogens is 1. The van der Waals surface area contributed by atoms with Gasteiger partial charge >= 0.3 is 0 Å². The van der Waals surface area contributed by atoms with Crippen molar-refractivity contribution >= 4 is 22.7 Å². The minimum Gasteiger partial charge on any atom is -0.394 e. The molecule has 0 amide bonds. The van der Waals surface area contributed by atoms with Gasteiger partial charge in [-0.05, 0) is 24.6 Å². The maximum absolute atomic E-state index is 13.3. The van der Waals surface area contributed by atoms with E-state index in [1.807, 2.05) is 6.92 Å². The molecule has 19 heavy (non-hydrogen) atoms. The molecule has 0 spiro atoms. The third kappa shape index (κ3) is 3.08. The Morgan fingerprint density at radius 1 is 1.42 bits per heavy atom. The van der Waals surface area contributed by atoms with Crippen molar-refractivity contribution in [3.8, 4) is 0 Å². The number of rotatable bonds is 5. The minimum atomic E-state index is -0.361. The third-order valence-corrected chi connectivity index (χ3v) is 2.87. The van der Waals surface area contributed by atoms with Gasteiger partial charge in [0.05, 0.1) is 18.2 Å². The largest absolute Gasteiger partial charge is 0.394 e. The van der Waals surface area contributed by atoms with Crippen molar-refractivity contribution in [2.45, 2.75) is 25.8 Å². The summed E-state index contributed by atoms with van der Waals surface area (Å²) in [5.41, 5.74) is 6.21. The number of nitrogen functional groups attached to an aromatic ring is 1. The van der Waals surface area contributed by atoms with Crippen molar-refractivity contribution in [2.75, 3.05) is 17.7 Å². The molecule has 0 aliphatic rings. The van der Waals surface area contributed by atoms with Gasteiger partial charge in [-0.2, -0.15) is 4.98 Å². The summed E-state index contributed by atoms with van der Waals surface area (Å²) in [6.07, 6.45) is 1.71. The number of benzene rings is 1. The second-order valence-electron chi connectivity index (χ2n) is 4.40. The lowest BCUT2D eigenvalue weighted by atomic mass is 10.1. The van der Waals surface area contributed by atoms with E-state index in [1.165, 1.54) is 12.1 Å². The number of aliphatic hydroxyl groups is 1. The zero-order valence-corrected chi connectivity index (χ0v) is 10.7. The highest BCUT2D eigenvalue weighted by Crippen LogP contribution is 2.23. The Balaban J connectivity index is 2.43. The lowest BCUT2D eigenvalue weighted by Crippen LogP contribution is -2.24. The van der Waals surface area contributed by atoms with Crippen LogP contribution < -0.4 is 11.1 Å². The molecule has 0 radical (unpaired) electrons.